The second kappa shape index (κ2) is 4.25. The Labute approximate surface area is 113 Å². The Morgan fingerprint density at radius 1 is 1.37 bits per heavy atom. The van der Waals surface area contributed by atoms with Crippen molar-refractivity contribution in [2.45, 2.75) is 52.5 Å². The average molecular weight is 261 g/mol. The fourth-order valence-electron chi connectivity index (χ4n) is 3.14. The molecule has 5 heteroatoms. The van der Waals surface area contributed by atoms with E-state index in [0.29, 0.717) is 11.4 Å². The third kappa shape index (κ3) is 1.91. The number of hydrogen-bond donors (Lipinski definition) is 1. The van der Waals surface area contributed by atoms with E-state index in [1.807, 2.05) is 11.7 Å². The van der Waals surface area contributed by atoms with Crippen molar-refractivity contribution in [2.24, 2.45) is 12.5 Å². The minimum absolute atomic E-state index is 0.386. The Morgan fingerprint density at radius 3 is 2.68 bits per heavy atom. The highest BCUT2D eigenvalue weighted by Gasteiger charge is 2.33. The quantitative estimate of drug-likeness (QED) is 0.919. The SMILES string of the molecule is CCCc1nn(C)c2c1nc(N)n2CC1(C)CCC1. The van der Waals surface area contributed by atoms with E-state index in [0.717, 1.165) is 36.2 Å². The molecule has 0 aromatic carbocycles. The predicted molar refractivity (Wildman–Crippen MR) is 76.9 cm³/mol. The van der Waals surface area contributed by atoms with Gasteiger partial charge in [-0.15, -0.1) is 0 Å². The van der Waals surface area contributed by atoms with Gasteiger partial charge in [0.15, 0.2) is 5.65 Å². The minimum atomic E-state index is 0.386. The number of aromatic nitrogens is 4. The van der Waals surface area contributed by atoms with Crippen molar-refractivity contribution in [1.82, 2.24) is 19.3 Å². The van der Waals surface area contributed by atoms with Gasteiger partial charge in [-0.1, -0.05) is 26.7 Å². The summed E-state index contributed by atoms with van der Waals surface area (Å²) >= 11 is 0. The van der Waals surface area contributed by atoms with Gasteiger partial charge < -0.3 is 5.73 Å². The normalized spacial score (nSPS) is 17.8. The molecule has 1 aliphatic rings. The van der Waals surface area contributed by atoms with Gasteiger partial charge in [0.05, 0.1) is 5.69 Å². The van der Waals surface area contributed by atoms with Crippen LogP contribution in [-0.4, -0.2) is 19.3 Å². The Morgan fingerprint density at radius 2 is 2.11 bits per heavy atom. The molecule has 3 rings (SSSR count). The summed E-state index contributed by atoms with van der Waals surface area (Å²) in [5, 5.41) is 4.59. The molecular formula is C14H23N5. The number of aryl methyl sites for hydroxylation is 2. The maximum Gasteiger partial charge on any atom is 0.202 e. The first-order valence-electron chi connectivity index (χ1n) is 7.22. The first-order chi connectivity index (χ1) is 9.04. The predicted octanol–water partition coefficient (Wildman–Crippen LogP) is 2.49. The molecule has 104 valence electrons. The summed E-state index contributed by atoms with van der Waals surface area (Å²) in [4.78, 5) is 4.55. The third-order valence-electron chi connectivity index (χ3n) is 4.41. The lowest BCUT2D eigenvalue weighted by Gasteiger charge is -2.38. The molecule has 1 saturated carbocycles. The van der Waals surface area contributed by atoms with E-state index in [-0.39, 0.29) is 0 Å². The van der Waals surface area contributed by atoms with Crippen LogP contribution in [0.1, 0.15) is 45.2 Å². The Bertz CT molecular complexity index is 603. The van der Waals surface area contributed by atoms with Crippen molar-refractivity contribution < 1.29 is 0 Å². The first-order valence-corrected chi connectivity index (χ1v) is 7.22. The molecule has 0 amide bonds. The van der Waals surface area contributed by atoms with E-state index in [4.69, 9.17) is 5.73 Å². The number of anilines is 1. The van der Waals surface area contributed by atoms with Crippen LogP contribution in [0.4, 0.5) is 5.95 Å². The zero-order chi connectivity index (χ0) is 13.6. The van der Waals surface area contributed by atoms with E-state index in [9.17, 15) is 0 Å². The average Bonchev–Trinajstić information content (AvgIpc) is 2.78. The molecule has 0 spiro atoms. The van der Waals surface area contributed by atoms with Gasteiger partial charge in [0, 0.05) is 13.6 Å². The largest absolute Gasteiger partial charge is 0.369 e. The number of fused-ring (bicyclic) bond motifs is 1. The smallest absolute Gasteiger partial charge is 0.202 e. The molecule has 1 fully saturated rings. The monoisotopic (exact) mass is 261 g/mol. The van der Waals surface area contributed by atoms with Crippen LogP contribution in [0.5, 0.6) is 0 Å². The lowest BCUT2D eigenvalue weighted by Crippen LogP contribution is -2.31. The molecule has 0 radical (unpaired) electrons. The highest BCUT2D eigenvalue weighted by molar-refractivity contribution is 5.77. The van der Waals surface area contributed by atoms with Crippen LogP contribution in [0.15, 0.2) is 0 Å². The fraction of sp³-hybridized carbons (Fsp3) is 0.714. The molecule has 0 saturated heterocycles. The van der Waals surface area contributed by atoms with Gasteiger partial charge in [0.1, 0.15) is 5.52 Å². The van der Waals surface area contributed by atoms with Crippen LogP contribution in [-0.2, 0) is 20.0 Å². The number of hydrogen-bond acceptors (Lipinski definition) is 3. The maximum atomic E-state index is 6.13. The first kappa shape index (κ1) is 12.5. The minimum Gasteiger partial charge on any atom is -0.369 e. The summed E-state index contributed by atoms with van der Waals surface area (Å²) in [6.45, 7) is 5.46. The molecule has 2 aromatic heterocycles. The molecule has 2 heterocycles. The highest BCUT2D eigenvalue weighted by Crippen LogP contribution is 2.42. The molecule has 0 bridgehead atoms. The van der Waals surface area contributed by atoms with Crippen molar-refractivity contribution in [3.63, 3.8) is 0 Å². The molecule has 1 aliphatic carbocycles. The zero-order valence-electron chi connectivity index (χ0n) is 12.1. The van der Waals surface area contributed by atoms with E-state index in [1.54, 1.807) is 0 Å². The highest BCUT2D eigenvalue weighted by atomic mass is 15.3. The van der Waals surface area contributed by atoms with Gasteiger partial charge in [-0.05, 0) is 24.7 Å². The molecule has 19 heavy (non-hydrogen) atoms. The molecule has 2 aromatic rings. The summed E-state index contributed by atoms with van der Waals surface area (Å²) in [7, 11) is 1.99. The molecule has 0 aliphatic heterocycles. The van der Waals surface area contributed by atoms with Gasteiger partial charge >= 0.3 is 0 Å². The summed E-state index contributed by atoms with van der Waals surface area (Å²) in [6, 6.07) is 0. The number of rotatable bonds is 4. The Kier molecular flexibility index (Phi) is 2.80. The van der Waals surface area contributed by atoms with Crippen LogP contribution < -0.4 is 5.73 Å². The van der Waals surface area contributed by atoms with Crippen LogP contribution in [0.25, 0.3) is 11.2 Å². The Hall–Kier alpha value is -1.52. The second-order valence-electron chi connectivity index (χ2n) is 6.21. The van der Waals surface area contributed by atoms with Gasteiger partial charge in [0.2, 0.25) is 5.95 Å². The molecule has 0 atom stereocenters. The number of nitrogens with zero attached hydrogens (tertiary/aromatic N) is 4. The molecule has 2 N–H and O–H groups in total. The standard InChI is InChI=1S/C14H23N5/c1-4-6-10-11-12(18(3)17-10)19(13(15)16-11)9-14(2)7-5-8-14/h4-9H2,1-3H3,(H2,15,16). The van der Waals surface area contributed by atoms with Crippen LogP contribution in [0.2, 0.25) is 0 Å². The van der Waals surface area contributed by atoms with Crippen molar-refractivity contribution in [3.05, 3.63) is 5.69 Å². The van der Waals surface area contributed by atoms with Gasteiger partial charge in [-0.25, -0.2) is 4.98 Å². The fourth-order valence-corrected chi connectivity index (χ4v) is 3.14. The number of nitrogen functional groups attached to an aromatic ring is 1. The maximum absolute atomic E-state index is 6.13. The van der Waals surface area contributed by atoms with Crippen molar-refractivity contribution in [3.8, 4) is 0 Å². The Balaban J connectivity index is 2.06. The lowest BCUT2D eigenvalue weighted by molar-refractivity contribution is 0.134. The van der Waals surface area contributed by atoms with Crippen LogP contribution in [0, 0.1) is 5.41 Å². The van der Waals surface area contributed by atoms with E-state index in [2.05, 4.69) is 28.5 Å². The van der Waals surface area contributed by atoms with Crippen molar-refractivity contribution >= 4 is 17.1 Å². The summed E-state index contributed by atoms with van der Waals surface area (Å²) < 4.78 is 4.09. The number of imidazole rings is 1. The van der Waals surface area contributed by atoms with Crippen LogP contribution >= 0.6 is 0 Å². The number of nitrogens with two attached hydrogens (primary N) is 1. The topological polar surface area (TPSA) is 61.7 Å². The zero-order valence-corrected chi connectivity index (χ0v) is 12.1. The van der Waals surface area contributed by atoms with Crippen molar-refractivity contribution in [1.29, 1.82) is 0 Å². The van der Waals surface area contributed by atoms with E-state index >= 15 is 0 Å². The summed E-state index contributed by atoms with van der Waals surface area (Å²) in [6.07, 6.45) is 5.94. The van der Waals surface area contributed by atoms with Gasteiger partial charge in [-0.2, -0.15) is 5.10 Å². The molecule has 5 nitrogen and oxygen atoms in total. The third-order valence-corrected chi connectivity index (χ3v) is 4.41. The summed E-state index contributed by atoms with van der Waals surface area (Å²) in [5.41, 5.74) is 9.66. The van der Waals surface area contributed by atoms with E-state index in [1.165, 1.54) is 19.3 Å². The molecule has 0 unspecified atom stereocenters. The second-order valence-corrected chi connectivity index (χ2v) is 6.21. The van der Waals surface area contributed by atoms with Crippen molar-refractivity contribution in [2.75, 3.05) is 5.73 Å². The van der Waals surface area contributed by atoms with E-state index < -0.39 is 0 Å². The van der Waals surface area contributed by atoms with Gasteiger partial charge in [0.25, 0.3) is 0 Å². The summed E-state index contributed by atoms with van der Waals surface area (Å²) in [5.74, 6) is 0.633. The molecular weight excluding hydrogens is 238 g/mol. The van der Waals surface area contributed by atoms with Gasteiger partial charge in [-0.3, -0.25) is 9.25 Å². The van der Waals surface area contributed by atoms with Crippen LogP contribution in [0.3, 0.4) is 0 Å². The lowest BCUT2D eigenvalue weighted by atomic mass is 9.70.